The maximum atomic E-state index is 13.2. The van der Waals surface area contributed by atoms with Gasteiger partial charge in [0, 0.05) is 24.0 Å². The lowest BCUT2D eigenvalue weighted by molar-refractivity contribution is 0.610. The number of nitrogens with two attached hydrogens (primary N) is 1. The van der Waals surface area contributed by atoms with E-state index >= 15 is 0 Å². The SMILES string of the molecule is Cc1cc(-c2c(-c3ccccc3)nc(N)n3c(=O)n(Cc4cnn(C)n4)nc23)cc(C)n1. The molecule has 32 heavy (non-hydrogen) atoms. The molecule has 0 bridgehead atoms. The molecule has 0 saturated heterocycles. The average molecular weight is 427 g/mol. The van der Waals surface area contributed by atoms with Gasteiger partial charge >= 0.3 is 5.69 Å². The van der Waals surface area contributed by atoms with Crippen molar-refractivity contribution in [2.45, 2.75) is 20.4 Å². The fourth-order valence-corrected chi connectivity index (χ4v) is 3.87. The van der Waals surface area contributed by atoms with Crippen molar-refractivity contribution in [1.82, 2.24) is 39.1 Å². The molecule has 0 fully saturated rings. The first-order valence-electron chi connectivity index (χ1n) is 10.1. The molecular weight excluding hydrogens is 406 g/mol. The van der Waals surface area contributed by atoms with E-state index in [2.05, 4.69) is 25.3 Å². The third-order valence-corrected chi connectivity index (χ3v) is 5.13. The Kier molecular flexibility index (Phi) is 4.54. The monoisotopic (exact) mass is 427 g/mol. The molecule has 1 aromatic carbocycles. The van der Waals surface area contributed by atoms with Crippen LogP contribution in [0.15, 0.2) is 53.5 Å². The lowest BCUT2D eigenvalue weighted by Gasteiger charge is -2.13. The summed E-state index contributed by atoms with van der Waals surface area (Å²) in [5.74, 6) is 0.0699. The van der Waals surface area contributed by atoms with Crippen LogP contribution in [0.4, 0.5) is 5.95 Å². The number of nitrogen functional groups attached to an aromatic ring is 1. The predicted molar refractivity (Wildman–Crippen MR) is 120 cm³/mol. The number of nitrogens with zero attached hydrogens (tertiary/aromatic N) is 8. The second kappa shape index (κ2) is 7.41. The van der Waals surface area contributed by atoms with Crippen molar-refractivity contribution >= 4 is 11.6 Å². The van der Waals surface area contributed by atoms with Crippen molar-refractivity contribution in [2.75, 3.05) is 5.73 Å². The van der Waals surface area contributed by atoms with Crippen LogP contribution in [-0.2, 0) is 13.6 Å². The number of benzene rings is 1. The zero-order valence-corrected chi connectivity index (χ0v) is 17.9. The molecule has 0 aliphatic rings. The first kappa shape index (κ1) is 19.6. The standard InChI is InChI=1S/C22H21N9O/c1-13-9-16(10-14(2)25-13)18-19(15-7-5-4-6-8-15)26-21(23)31-20(18)28-30(22(31)32)12-17-11-24-29(3)27-17/h4-11H,12H2,1-3H3,(H2,23,26). The van der Waals surface area contributed by atoms with Gasteiger partial charge in [0.25, 0.3) is 0 Å². The number of hydrogen-bond donors (Lipinski definition) is 1. The lowest BCUT2D eigenvalue weighted by Crippen LogP contribution is -2.24. The van der Waals surface area contributed by atoms with Gasteiger partial charge in [-0.05, 0) is 31.5 Å². The topological polar surface area (TPSA) is 122 Å². The smallest absolute Gasteiger partial charge is 0.353 e. The van der Waals surface area contributed by atoms with E-state index in [1.807, 2.05) is 56.3 Å². The van der Waals surface area contributed by atoms with E-state index in [4.69, 9.17) is 5.73 Å². The molecule has 4 heterocycles. The Morgan fingerprint density at radius 1 is 0.969 bits per heavy atom. The summed E-state index contributed by atoms with van der Waals surface area (Å²) in [6.45, 7) is 4.03. The summed E-state index contributed by atoms with van der Waals surface area (Å²) in [4.78, 5) is 23.8. The zero-order valence-electron chi connectivity index (χ0n) is 17.9. The molecule has 0 atom stereocenters. The van der Waals surface area contributed by atoms with Crippen molar-refractivity contribution in [3.05, 3.63) is 76.2 Å². The number of aryl methyl sites for hydroxylation is 3. The molecule has 160 valence electrons. The third-order valence-electron chi connectivity index (χ3n) is 5.13. The van der Waals surface area contributed by atoms with Crippen LogP contribution in [0.3, 0.4) is 0 Å². The van der Waals surface area contributed by atoms with E-state index in [0.29, 0.717) is 22.6 Å². The molecule has 0 aliphatic heterocycles. The van der Waals surface area contributed by atoms with Crippen LogP contribution in [0.2, 0.25) is 0 Å². The van der Waals surface area contributed by atoms with Gasteiger partial charge in [-0.3, -0.25) is 4.98 Å². The van der Waals surface area contributed by atoms with Crippen molar-refractivity contribution < 1.29 is 0 Å². The van der Waals surface area contributed by atoms with Gasteiger partial charge in [-0.25, -0.2) is 18.9 Å². The molecule has 5 rings (SSSR count). The van der Waals surface area contributed by atoms with Crippen molar-refractivity contribution in [2.24, 2.45) is 7.05 Å². The van der Waals surface area contributed by atoms with Crippen molar-refractivity contribution in [3.63, 3.8) is 0 Å². The molecule has 0 aliphatic carbocycles. The molecule has 10 nitrogen and oxygen atoms in total. The van der Waals surface area contributed by atoms with E-state index in [9.17, 15) is 4.79 Å². The van der Waals surface area contributed by atoms with Gasteiger partial charge in [0.15, 0.2) is 5.65 Å². The summed E-state index contributed by atoms with van der Waals surface area (Å²) in [5, 5.41) is 13.0. The number of rotatable bonds is 4. The largest absolute Gasteiger partial charge is 0.369 e. The van der Waals surface area contributed by atoms with E-state index in [-0.39, 0.29) is 18.2 Å². The van der Waals surface area contributed by atoms with Gasteiger partial charge in [-0.1, -0.05) is 30.3 Å². The van der Waals surface area contributed by atoms with Crippen LogP contribution < -0.4 is 11.4 Å². The second-order valence-corrected chi connectivity index (χ2v) is 7.62. The van der Waals surface area contributed by atoms with E-state index in [0.717, 1.165) is 22.5 Å². The van der Waals surface area contributed by atoms with Gasteiger partial charge in [-0.2, -0.15) is 15.0 Å². The van der Waals surface area contributed by atoms with Crippen LogP contribution in [0.25, 0.3) is 28.0 Å². The van der Waals surface area contributed by atoms with Gasteiger partial charge in [0.1, 0.15) is 5.69 Å². The molecule has 0 spiro atoms. The Labute approximate surface area is 183 Å². The van der Waals surface area contributed by atoms with Crippen LogP contribution in [0, 0.1) is 13.8 Å². The van der Waals surface area contributed by atoms with Crippen molar-refractivity contribution in [1.29, 1.82) is 0 Å². The van der Waals surface area contributed by atoms with E-state index in [1.54, 1.807) is 13.2 Å². The number of fused-ring (bicyclic) bond motifs is 1. The van der Waals surface area contributed by atoms with Gasteiger partial charge in [0.2, 0.25) is 5.95 Å². The van der Waals surface area contributed by atoms with E-state index in [1.165, 1.54) is 13.9 Å². The second-order valence-electron chi connectivity index (χ2n) is 7.62. The molecule has 4 aromatic heterocycles. The molecule has 10 heteroatoms. The van der Waals surface area contributed by atoms with Gasteiger partial charge < -0.3 is 5.73 Å². The number of anilines is 1. The van der Waals surface area contributed by atoms with Crippen LogP contribution in [0.5, 0.6) is 0 Å². The number of pyridine rings is 1. The minimum atomic E-state index is -0.390. The zero-order chi connectivity index (χ0) is 22.4. The maximum Gasteiger partial charge on any atom is 0.353 e. The molecule has 0 saturated carbocycles. The summed E-state index contributed by atoms with van der Waals surface area (Å²) in [7, 11) is 1.72. The highest BCUT2D eigenvalue weighted by molar-refractivity contribution is 5.90. The normalized spacial score (nSPS) is 11.3. The Balaban J connectivity index is 1.83. The fourth-order valence-electron chi connectivity index (χ4n) is 3.87. The van der Waals surface area contributed by atoms with Gasteiger partial charge in [0.05, 0.1) is 24.0 Å². The molecule has 5 aromatic rings. The average Bonchev–Trinajstić information content (AvgIpc) is 3.31. The first-order valence-corrected chi connectivity index (χ1v) is 10.1. The Hall–Kier alpha value is -4.34. The third kappa shape index (κ3) is 3.31. The maximum absolute atomic E-state index is 13.2. The number of hydrogen-bond acceptors (Lipinski definition) is 7. The highest BCUT2D eigenvalue weighted by atomic mass is 16.2. The minimum Gasteiger partial charge on any atom is -0.369 e. The fraction of sp³-hybridized carbons (Fsp3) is 0.182. The van der Waals surface area contributed by atoms with Crippen LogP contribution >= 0.6 is 0 Å². The van der Waals surface area contributed by atoms with Crippen LogP contribution in [0.1, 0.15) is 17.1 Å². The summed E-state index contributed by atoms with van der Waals surface area (Å²) in [6, 6.07) is 13.6. The molecule has 0 unspecified atom stereocenters. The van der Waals surface area contributed by atoms with Crippen molar-refractivity contribution in [3.8, 4) is 22.4 Å². The molecule has 2 N–H and O–H groups in total. The quantitative estimate of drug-likeness (QED) is 0.465. The minimum absolute atomic E-state index is 0.0699. The van der Waals surface area contributed by atoms with E-state index < -0.39 is 0 Å². The Bertz CT molecular complexity index is 1490. The predicted octanol–water partition coefficient (Wildman–Crippen LogP) is 2.00. The van der Waals surface area contributed by atoms with Gasteiger partial charge in [-0.15, -0.1) is 5.10 Å². The summed E-state index contributed by atoms with van der Waals surface area (Å²) in [6.07, 6.45) is 1.60. The first-order chi connectivity index (χ1) is 15.4. The Morgan fingerprint density at radius 3 is 2.34 bits per heavy atom. The summed E-state index contributed by atoms with van der Waals surface area (Å²) >= 11 is 0. The summed E-state index contributed by atoms with van der Waals surface area (Å²) in [5.41, 5.74) is 11.7. The lowest BCUT2D eigenvalue weighted by atomic mass is 9.99. The Morgan fingerprint density at radius 2 is 1.69 bits per heavy atom. The molecule has 0 amide bonds. The highest BCUT2D eigenvalue weighted by Gasteiger charge is 2.22. The molecular formula is C22H21N9O. The summed E-state index contributed by atoms with van der Waals surface area (Å²) < 4.78 is 2.67. The van der Waals surface area contributed by atoms with Crippen LogP contribution in [-0.4, -0.2) is 39.1 Å². The molecule has 0 radical (unpaired) electrons. The highest BCUT2D eigenvalue weighted by Crippen LogP contribution is 2.34. The number of aromatic nitrogens is 8.